The van der Waals surface area contributed by atoms with Crippen LogP contribution >= 0.6 is 0 Å². The average Bonchev–Trinajstić information content (AvgIpc) is 2.88. The van der Waals surface area contributed by atoms with Gasteiger partial charge in [-0.05, 0) is 31.2 Å². The molecule has 1 aromatic heterocycles. The maximum absolute atomic E-state index is 13.8. The van der Waals surface area contributed by atoms with E-state index in [4.69, 9.17) is 5.26 Å². The van der Waals surface area contributed by atoms with Crippen LogP contribution in [-0.2, 0) is 0 Å². The summed E-state index contributed by atoms with van der Waals surface area (Å²) in [6.45, 7) is 1.66. The van der Waals surface area contributed by atoms with E-state index < -0.39 is 11.6 Å². The molecule has 1 heterocycles. The van der Waals surface area contributed by atoms with Gasteiger partial charge in [-0.25, -0.2) is 18.4 Å². The fourth-order valence-electron chi connectivity index (χ4n) is 2.19. The van der Waals surface area contributed by atoms with Gasteiger partial charge in [-0.1, -0.05) is 18.2 Å². The largest absolute Gasteiger partial charge is 0.216 e. The highest BCUT2D eigenvalue weighted by atomic mass is 19.1. The summed E-state index contributed by atoms with van der Waals surface area (Å²) < 4.78 is 29.1. The molecule has 0 fully saturated rings. The topological polar surface area (TPSA) is 54.5 Å². The van der Waals surface area contributed by atoms with Crippen LogP contribution in [0.1, 0.15) is 11.4 Å². The first kappa shape index (κ1) is 13.9. The van der Waals surface area contributed by atoms with E-state index in [1.165, 1.54) is 10.7 Å². The molecule has 0 saturated carbocycles. The molecule has 0 saturated heterocycles. The first-order valence-electron chi connectivity index (χ1n) is 6.49. The summed E-state index contributed by atoms with van der Waals surface area (Å²) >= 11 is 0. The van der Waals surface area contributed by atoms with Crippen LogP contribution in [0.4, 0.5) is 8.78 Å². The number of aryl methyl sites for hydroxylation is 1. The SMILES string of the molecule is Cc1nc(-c2c(F)cccc2F)nn1-c1ccccc1C#N. The summed E-state index contributed by atoms with van der Waals surface area (Å²) in [7, 11) is 0. The van der Waals surface area contributed by atoms with Crippen molar-refractivity contribution in [3.63, 3.8) is 0 Å². The fourth-order valence-corrected chi connectivity index (χ4v) is 2.19. The van der Waals surface area contributed by atoms with E-state index in [2.05, 4.69) is 16.2 Å². The van der Waals surface area contributed by atoms with Crippen molar-refractivity contribution in [1.82, 2.24) is 14.8 Å². The number of para-hydroxylation sites is 1. The molecule has 0 aliphatic carbocycles. The molecule has 3 rings (SSSR count). The molecule has 0 aliphatic rings. The maximum atomic E-state index is 13.8. The van der Waals surface area contributed by atoms with Crippen LogP contribution in [0.15, 0.2) is 42.5 Å². The Bertz CT molecular complexity index is 873. The van der Waals surface area contributed by atoms with Crippen molar-refractivity contribution < 1.29 is 8.78 Å². The Morgan fingerprint density at radius 2 is 1.73 bits per heavy atom. The molecule has 0 atom stereocenters. The standard InChI is InChI=1S/C16H10F2N4/c1-10-20-16(15-12(17)6-4-7-13(15)18)21-22(10)14-8-3-2-5-11(14)9-19/h2-8H,1H3. The highest BCUT2D eigenvalue weighted by Crippen LogP contribution is 2.24. The molecule has 3 aromatic rings. The van der Waals surface area contributed by atoms with E-state index >= 15 is 0 Å². The van der Waals surface area contributed by atoms with E-state index in [1.807, 2.05) is 0 Å². The predicted octanol–water partition coefficient (Wildman–Crippen LogP) is 3.39. The van der Waals surface area contributed by atoms with Crippen LogP contribution in [0.2, 0.25) is 0 Å². The van der Waals surface area contributed by atoms with Crippen molar-refractivity contribution in [3.05, 3.63) is 65.5 Å². The number of nitriles is 1. The van der Waals surface area contributed by atoms with Gasteiger partial charge in [-0.3, -0.25) is 0 Å². The summed E-state index contributed by atoms with van der Waals surface area (Å²) in [5, 5.41) is 13.3. The van der Waals surface area contributed by atoms with Gasteiger partial charge in [-0.2, -0.15) is 5.26 Å². The van der Waals surface area contributed by atoms with Gasteiger partial charge in [0.15, 0.2) is 5.82 Å². The minimum absolute atomic E-state index is 0.0548. The molecule has 4 nitrogen and oxygen atoms in total. The predicted molar refractivity (Wildman–Crippen MR) is 76.2 cm³/mol. The van der Waals surface area contributed by atoms with Gasteiger partial charge in [0.25, 0.3) is 0 Å². The third kappa shape index (κ3) is 2.23. The first-order chi connectivity index (χ1) is 10.6. The zero-order valence-corrected chi connectivity index (χ0v) is 11.6. The van der Waals surface area contributed by atoms with Crippen LogP contribution < -0.4 is 0 Å². The monoisotopic (exact) mass is 296 g/mol. The smallest absolute Gasteiger partial charge is 0.187 e. The number of hydrogen-bond acceptors (Lipinski definition) is 3. The van der Waals surface area contributed by atoms with E-state index in [-0.39, 0.29) is 11.4 Å². The van der Waals surface area contributed by atoms with Gasteiger partial charge >= 0.3 is 0 Å². The number of halogens is 2. The zero-order chi connectivity index (χ0) is 15.7. The zero-order valence-electron chi connectivity index (χ0n) is 11.6. The molecule has 0 bridgehead atoms. The van der Waals surface area contributed by atoms with Gasteiger partial charge in [0.2, 0.25) is 0 Å². The minimum Gasteiger partial charge on any atom is -0.216 e. The number of aromatic nitrogens is 3. The molecule has 2 aromatic carbocycles. The Balaban J connectivity index is 2.19. The van der Waals surface area contributed by atoms with Gasteiger partial charge in [-0.15, -0.1) is 5.10 Å². The molecule has 6 heteroatoms. The van der Waals surface area contributed by atoms with Crippen LogP contribution in [-0.4, -0.2) is 14.8 Å². The van der Waals surface area contributed by atoms with E-state index in [9.17, 15) is 8.78 Å². The van der Waals surface area contributed by atoms with Crippen LogP contribution in [0.3, 0.4) is 0 Å². The number of nitrogens with zero attached hydrogens (tertiary/aromatic N) is 4. The van der Waals surface area contributed by atoms with Crippen molar-refractivity contribution >= 4 is 0 Å². The Morgan fingerprint density at radius 1 is 1.05 bits per heavy atom. The van der Waals surface area contributed by atoms with Crippen molar-refractivity contribution in [3.8, 4) is 23.1 Å². The van der Waals surface area contributed by atoms with Gasteiger partial charge < -0.3 is 0 Å². The lowest BCUT2D eigenvalue weighted by molar-refractivity contribution is 0.587. The number of hydrogen-bond donors (Lipinski definition) is 0. The minimum atomic E-state index is -0.731. The van der Waals surface area contributed by atoms with Crippen molar-refractivity contribution in [2.24, 2.45) is 0 Å². The normalized spacial score (nSPS) is 10.5. The fraction of sp³-hybridized carbons (Fsp3) is 0.0625. The summed E-state index contributed by atoms with van der Waals surface area (Å²) in [6, 6.07) is 12.5. The second-order valence-electron chi connectivity index (χ2n) is 4.62. The lowest BCUT2D eigenvalue weighted by Gasteiger charge is -2.04. The van der Waals surface area contributed by atoms with E-state index in [0.717, 1.165) is 12.1 Å². The molecule has 0 amide bonds. The lowest BCUT2D eigenvalue weighted by Crippen LogP contribution is -2.02. The summed E-state index contributed by atoms with van der Waals surface area (Å²) in [6.07, 6.45) is 0. The highest BCUT2D eigenvalue weighted by Gasteiger charge is 2.18. The summed E-state index contributed by atoms with van der Waals surface area (Å²) in [5.74, 6) is -1.09. The molecule has 0 spiro atoms. The quantitative estimate of drug-likeness (QED) is 0.728. The van der Waals surface area contributed by atoms with Gasteiger partial charge in [0.1, 0.15) is 23.5 Å². The van der Waals surface area contributed by atoms with Gasteiger partial charge in [0, 0.05) is 0 Å². The Kier molecular flexibility index (Phi) is 3.39. The van der Waals surface area contributed by atoms with Crippen LogP contribution in [0.25, 0.3) is 17.1 Å². The molecule has 0 aliphatic heterocycles. The molecule has 0 N–H and O–H groups in total. The van der Waals surface area contributed by atoms with Crippen molar-refractivity contribution in [2.45, 2.75) is 6.92 Å². The molecule has 108 valence electrons. The van der Waals surface area contributed by atoms with Crippen LogP contribution in [0.5, 0.6) is 0 Å². The lowest BCUT2D eigenvalue weighted by atomic mass is 10.2. The van der Waals surface area contributed by atoms with E-state index in [0.29, 0.717) is 17.1 Å². The highest BCUT2D eigenvalue weighted by molar-refractivity contribution is 5.57. The molecule has 0 unspecified atom stereocenters. The van der Waals surface area contributed by atoms with Crippen LogP contribution in [0, 0.1) is 29.9 Å². The Labute approximate surface area is 125 Å². The average molecular weight is 296 g/mol. The van der Waals surface area contributed by atoms with Crippen molar-refractivity contribution in [2.75, 3.05) is 0 Å². The molecular weight excluding hydrogens is 286 g/mol. The second kappa shape index (κ2) is 5.37. The molecule has 22 heavy (non-hydrogen) atoms. The second-order valence-corrected chi connectivity index (χ2v) is 4.62. The Morgan fingerprint density at radius 3 is 2.41 bits per heavy atom. The summed E-state index contributed by atoms with van der Waals surface area (Å²) in [4.78, 5) is 4.12. The van der Waals surface area contributed by atoms with E-state index in [1.54, 1.807) is 31.2 Å². The third-order valence-electron chi connectivity index (χ3n) is 3.21. The summed E-state index contributed by atoms with van der Waals surface area (Å²) in [5.41, 5.74) is 0.632. The maximum Gasteiger partial charge on any atom is 0.187 e. The molecule has 0 radical (unpaired) electrons. The Hall–Kier alpha value is -3.07. The van der Waals surface area contributed by atoms with Crippen molar-refractivity contribution in [1.29, 1.82) is 5.26 Å². The molecular formula is C16H10F2N4. The van der Waals surface area contributed by atoms with Gasteiger partial charge in [0.05, 0.1) is 16.8 Å². The third-order valence-corrected chi connectivity index (χ3v) is 3.21. The number of rotatable bonds is 2. The first-order valence-corrected chi connectivity index (χ1v) is 6.49. The number of benzene rings is 2.